The summed E-state index contributed by atoms with van der Waals surface area (Å²) in [5.74, 6) is 0.830. The Morgan fingerprint density at radius 1 is 1.46 bits per heavy atom. The van der Waals surface area contributed by atoms with Crippen molar-refractivity contribution in [3.8, 4) is 5.75 Å². The molecule has 0 bridgehead atoms. The molecule has 2 rings (SSSR count). The Morgan fingerprint density at radius 3 is 3.00 bits per heavy atom. The zero-order valence-electron chi connectivity index (χ0n) is 7.95. The van der Waals surface area contributed by atoms with E-state index in [9.17, 15) is 5.11 Å². The topological polar surface area (TPSA) is 29.5 Å². The van der Waals surface area contributed by atoms with Gasteiger partial charge in [-0.1, -0.05) is 11.6 Å². The van der Waals surface area contributed by atoms with Gasteiger partial charge < -0.3 is 9.84 Å². The van der Waals surface area contributed by atoms with Crippen molar-refractivity contribution in [1.29, 1.82) is 0 Å². The summed E-state index contributed by atoms with van der Waals surface area (Å²) in [4.78, 5) is 0. The van der Waals surface area contributed by atoms with Crippen molar-refractivity contribution < 1.29 is 9.84 Å². The lowest BCUT2D eigenvalue weighted by Crippen LogP contribution is -2.22. The molecule has 1 unspecified atom stereocenters. The third-order valence-corrected chi connectivity index (χ3v) is 2.41. The van der Waals surface area contributed by atoms with E-state index in [1.165, 1.54) is 0 Å². The summed E-state index contributed by atoms with van der Waals surface area (Å²) in [6.45, 7) is 4.00. The number of benzene rings is 1. The number of hydrogen-bond donors (Lipinski definition) is 1. The van der Waals surface area contributed by atoms with Crippen molar-refractivity contribution in [2.45, 2.75) is 32.5 Å². The highest BCUT2D eigenvalue weighted by molar-refractivity contribution is 5.39. The summed E-state index contributed by atoms with van der Waals surface area (Å²) in [6.07, 6.45) is 0.444. The van der Waals surface area contributed by atoms with Crippen LogP contribution >= 0.6 is 0 Å². The van der Waals surface area contributed by atoms with E-state index < -0.39 is 0 Å². The summed E-state index contributed by atoms with van der Waals surface area (Å²) >= 11 is 0. The first-order valence-electron chi connectivity index (χ1n) is 4.62. The van der Waals surface area contributed by atoms with Gasteiger partial charge in [-0.2, -0.15) is 0 Å². The van der Waals surface area contributed by atoms with Gasteiger partial charge in [-0.15, -0.1) is 0 Å². The predicted octanol–water partition coefficient (Wildman–Crippen LogP) is 2.20. The van der Waals surface area contributed by atoms with Gasteiger partial charge in [0.1, 0.15) is 5.75 Å². The number of fused-ring (bicyclic) bond motifs is 1. The highest BCUT2D eigenvalue weighted by atomic mass is 16.5. The minimum atomic E-state index is -0.362. The lowest BCUT2D eigenvalue weighted by molar-refractivity contribution is 0.0749. The van der Waals surface area contributed by atoms with Gasteiger partial charge in [0.25, 0.3) is 0 Å². The van der Waals surface area contributed by atoms with Gasteiger partial charge in [-0.05, 0) is 26.0 Å². The molecule has 13 heavy (non-hydrogen) atoms. The van der Waals surface area contributed by atoms with Gasteiger partial charge in [0.15, 0.2) is 0 Å². The van der Waals surface area contributed by atoms with E-state index in [2.05, 4.69) is 0 Å². The van der Waals surface area contributed by atoms with Gasteiger partial charge >= 0.3 is 0 Å². The first-order chi connectivity index (χ1) is 6.16. The fourth-order valence-electron chi connectivity index (χ4n) is 1.74. The third kappa shape index (κ3) is 1.54. The van der Waals surface area contributed by atoms with Gasteiger partial charge in [-0.3, -0.25) is 0 Å². The summed E-state index contributed by atoms with van der Waals surface area (Å²) in [5.41, 5.74) is 2.09. The minimum Gasteiger partial charge on any atom is -0.490 e. The summed E-state index contributed by atoms with van der Waals surface area (Å²) in [5, 5.41) is 9.78. The van der Waals surface area contributed by atoms with Crippen molar-refractivity contribution >= 4 is 0 Å². The quantitative estimate of drug-likeness (QED) is 0.660. The van der Waals surface area contributed by atoms with Crippen LogP contribution in [0.5, 0.6) is 5.75 Å². The molecule has 1 aliphatic heterocycles. The Hall–Kier alpha value is -1.02. The van der Waals surface area contributed by atoms with Crippen LogP contribution < -0.4 is 4.74 Å². The molecule has 70 valence electrons. The Bertz CT molecular complexity index is 320. The molecule has 0 radical (unpaired) electrons. The van der Waals surface area contributed by atoms with Crippen molar-refractivity contribution in [3.63, 3.8) is 0 Å². The van der Waals surface area contributed by atoms with Gasteiger partial charge in [0.05, 0.1) is 12.2 Å². The molecule has 0 saturated carbocycles. The maximum Gasteiger partial charge on any atom is 0.125 e. The second-order valence-electron chi connectivity index (χ2n) is 3.72. The maximum absolute atomic E-state index is 9.78. The highest BCUT2D eigenvalue weighted by Crippen LogP contribution is 2.34. The van der Waals surface area contributed by atoms with Crippen molar-refractivity contribution in [3.05, 3.63) is 29.3 Å². The van der Waals surface area contributed by atoms with Crippen LogP contribution in [-0.2, 0) is 0 Å². The lowest BCUT2D eigenvalue weighted by atomic mass is 9.98. The number of aryl methyl sites for hydroxylation is 1. The molecule has 0 aliphatic carbocycles. The fourth-order valence-corrected chi connectivity index (χ4v) is 1.74. The molecule has 2 heteroatoms. The van der Waals surface area contributed by atoms with Gasteiger partial charge in [0.2, 0.25) is 0 Å². The molecule has 1 aromatic rings. The molecule has 2 nitrogen and oxygen atoms in total. The predicted molar refractivity (Wildman–Crippen MR) is 50.8 cm³/mol. The summed E-state index contributed by atoms with van der Waals surface area (Å²) in [6, 6.07) is 5.93. The highest BCUT2D eigenvalue weighted by Gasteiger charge is 2.23. The number of aliphatic hydroxyl groups is 1. The summed E-state index contributed by atoms with van der Waals surface area (Å²) < 4.78 is 5.60. The van der Waals surface area contributed by atoms with Crippen LogP contribution in [-0.4, -0.2) is 11.2 Å². The largest absolute Gasteiger partial charge is 0.490 e. The van der Waals surface area contributed by atoms with E-state index in [0.717, 1.165) is 16.9 Å². The summed E-state index contributed by atoms with van der Waals surface area (Å²) in [7, 11) is 0. The monoisotopic (exact) mass is 178 g/mol. The number of hydrogen-bond acceptors (Lipinski definition) is 2. The Labute approximate surface area is 78.2 Å². The van der Waals surface area contributed by atoms with Crippen LogP contribution in [0.2, 0.25) is 0 Å². The van der Waals surface area contributed by atoms with E-state index >= 15 is 0 Å². The molecule has 0 fully saturated rings. The van der Waals surface area contributed by atoms with Crippen LogP contribution in [0, 0.1) is 6.92 Å². The number of rotatable bonds is 0. The molecule has 1 N–H and O–H groups in total. The average Bonchev–Trinajstić information content (AvgIpc) is 2.06. The molecule has 0 amide bonds. The second kappa shape index (κ2) is 3.04. The molecular weight excluding hydrogens is 164 g/mol. The van der Waals surface area contributed by atoms with Crippen LogP contribution in [0.25, 0.3) is 0 Å². The molecule has 1 aliphatic rings. The van der Waals surface area contributed by atoms with Crippen LogP contribution in [0.1, 0.15) is 30.6 Å². The maximum atomic E-state index is 9.78. The molecule has 0 saturated heterocycles. The van der Waals surface area contributed by atoms with Crippen LogP contribution in [0.15, 0.2) is 18.2 Å². The zero-order chi connectivity index (χ0) is 9.42. The van der Waals surface area contributed by atoms with Crippen molar-refractivity contribution in [2.75, 3.05) is 0 Å². The van der Waals surface area contributed by atoms with E-state index in [1.54, 1.807) is 0 Å². The minimum absolute atomic E-state index is 0.116. The molecule has 0 aromatic heterocycles. The third-order valence-electron chi connectivity index (χ3n) is 2.41. The zero-order valence-corrected chi connectivity index (χ0v) is 7.95. The molecule has 1 aromatic carbocycles. The first-order valence-corrected chi connectivity index (χ1v) is 4.62. The SMILES string of the molecule is Cc1ccc2c(c1)C(O)C[C@@H](C)O2. The Balaban J connectivity index is 2.43. The Morgan fingerprint density at radius 2 is 2.23 bits per heavy atom. The first kappa shape index (κ1) is 8.57. The normalized spacial score (nSPS) is 26.4. The van der Waals surface area contributed by atoms with Crippen molar-refractivity contribution in [2.24, 2.45) is 0 Å². The van der Waals surface area contributed by atoms with Gasteiger partial charge in [-0.25, -0.2) is 0 Å². The number of aliphatic hydroxyl groups excluding tert-OH is 1. The van der Waals surface area contributed by atoms with E-state index in [4.69, 9.17) is 4.74 Å². The van der Waals surface area contributed by atoms with Gasteiger partial charge in [0, 0.05) is 12.0 Å². The Kier molecular flexibility index (Phi) is 2.00. The fraction of sp³-hybridized carbons (Fsp3) is 0.455. The average molecular weight is 178 g/mol. The van der Waals surface area contributed by atoms with Crippen molar-refractivity contribution in [1.82, 2.24) is 0 Å². The van der Waals surface area contributed by atoms with E-state index in [1.807, 2.05) is 32.0 Å². The molecule has 0 spiro atoms. The molecule has 2 atom stereocenters. The van der Waals surface area contributed by atoms with Crippen LogP contribution in [0.4, 0.5) is 0 Å². The molecule has 1 heterocycles. The smallest absolute Gasteiger partial charge is 0.125 e. The number of ether oxygens (including phenoxy) is 1. The second-order valence-corrected chi connectivity index (χ2v) is 3.72. The van der Waals surface area contributed by atoms with E-state index in [0.29, 0.717) is 6.42 Å². The molecular formula is C11H14O2. The lowest BCUT2D eigenvalue weighted by Gasteiger charge is -2.27. The van der Waals surface area contributed by atoms with Crippen LogP contribution in [0.3, 0.4) is 0 Å². The van der Waals surface area contributed by atoms with E-state index in [-0.39, 0.29) is 12.2 Å². The standard InChI is InChI=1S/C11H14O2/c1-7-3-4-11-9(5-7)10(12)6-8(2)13-11/h3-5,8,10,12H,6H2,1-2H3/t8-,10?/m1/s1.